The number of allylic oxidation sites excluding steroid dienone is 2. The summed E-state index contributed by atoms with van der Waals surface area (Å²) in [6.45, 7) is 0. The van der Waals surface area contributed by atoms with Crippen molar-refractivity contribution < 1.29 is 10.2 Å². The molecular formula is C19H18O2. The molecule has 0 amide bonds. The minimum absolute atomic E-state index is 0.0791. The second kappa shape index (κ2) is 4.39. The lowest BCUT2D eigenvalue weighted by Crippen LogP contribution is -2.28. The highest BCUT2D eigenvalue weighted by molar-refractivity contribution is 5.54. The van der Waals surface area contributed by atoms with E-state index in [2.05, 4.69) is 6.08 Å². The molecule has 0 radical (unpaired) electrons. The molecule has 1 unspecified atom stereocenters. The quantitative estimate of drug-likeness (QED) is 0.811. The second-order valence-corrected chi connectivity index (χ2v) is 6.24. The zero-order chi connectivity index (χ0) is 14.4. The average Bonchev–Trinajstić information content (AvgIpc) is 3.10. The van der Waals surface area contributed by atoms with Crippen LogP contribution in [0.15, 0.2) is 60.2 Å². The molecular weight excluding hydrogens is 260 g/mol. The van der Waals surface area contributed by atoms with E-state index in [0.29, 0.717) is 11.5 Å². The van der Waals surface area contributed by atoms with Crippen LogP contribution in [0.1, 0.15) is 30.4 Å². The van der Waals surface area contributed by atoms with Crippen molar-refractivity contribution in [2.75, 3.05) is 0 Å². The molecule has 0 spiro atoms. The van der Waals surface area contributed by atoms with Gasteiger partial charge in [-0.25, -0.2) is 0 Å². The van der Waals surface area contributed by atoms with Crippen LogP contribution < -0.4 is 0 Å². The zero-order valence-electron chi connectivity index (χ0n) is 11.8. The minimum atomic E-state index is -0.0791. The summed E-state index contributed by atoms with van der Waals surface area (Å²) in [5.41, 5.74) is 3.88. The summed E-state index contributed by atoms with van der Waals surface area (Å²) in [5, 5.41) is 19.1. The van der Waals surface area contributed by atoms with E-state index in [9.17, 15) is 10.2 Å². The number of phenols is 2. The molecule has 2 bridgehead atoms. The van der Waals surface area contributed by atoms with Gasteiger partial charge in [-0.05, 0) is 60.6 Å². The van der Waals surface area contributed by atoms with Crippen molar-refractivity contribution in [1.82, 2.24) is 0 Å². The highest BCUT2D eigenvalue weighted by atomic mass is 16.3. The van der Waals surface area contributed by atoms with Crippen molar-refractivity contribution in [2.45, 2.75) is 24.7 Å². The standard InChI is InChI=1S/C19H18O2/c20-17-7-3-14(4-8-17)19(12-13-1-2-16(19)11-13)15-5-9-18(21)10-6-15/h2-10,13,20-21H,1,11-12H2. The summed E-state index contributed by atoms with van der Waals surface area (Å²) in [6, 6.07) is 15.2. The van der Waals surface area contributed by atoms with Crippen molar-refractivity contribution in [1.29, 1.82) is 0 Å². The Kier molecular flexibility index (Phi) is 2.61. The third-order valence-electron chi connectivity index (χ3n) is 5.07. The van der Waals surface area contributed by atoms with E-state index in [0.717, 1.165) is 12.3 Å². The van der Waals surface area contributed by atoms with Gasteiger partial charge in [-0.15, -0.1) is 0 Å². The Morgan fingerprint density at radius 1 is 0.810 bits per heavy atom. The van der Waals surface area contributed by atoms with Crippen LogP contribution in [0, 0.1) is 5.92 Å². The van der Waals surface area contributed by atoms with Crippen molar-refractivity contribution in [2.24, 2.45) is 5.92 Å². The molecule has 2 aromatic rings. The van der Waals surface area contributed by atoms with E-state index in [1.54, 1.807) is 24.3 Å². The SMILES string of the molecule is Oc1ccc(C2(c3ccc(O)cc3)CC3CC=C2C3)cc1. The van der Waals surface area contributed by atoms with Gasteiger partial charge in [0.15, 0.2) is 0 Å². The molecule has 2 nitrogen and oxygen atoms in total. The summed E-state index contributed by atoms with van der Waals surface area (Å²) in [4.78, 5) is 0. The molecule has 1 fully saturated rings. The Morgan fingerprint density at radius 3 is 1.71 bits per heavy atom. The molecule has 106 valence electrons. The molecule has 2 N–H and O–H groups in total. The van der Waals surface area contributed by atoms with E-state index < -0.39 is 0 Å². The summed E-state index contributed by atoms with van der Waals surface area (Å²) in [7, 11) is 0. The number of rotatable bonds is 2. The first-order chi connectivity index (χ1) is 10.2. The van der Waals surface area contributed by atoms with Crippen molar-refractivity contribution in [3.63, 3.8) is 0 Å². The number of phenolic OH excluding ortho intramolecular Hbond substituents is 2. The molecule has 2 aliphatic carbocycles. The van der Waals surface area contributed by atoms with Crippen LogP contribution in [0.3, 0.4) is 0 Å². The highest BCUT2D eigenvalue weighted by Gasteiger charge is 2.48. The monoisotopic (exact) mass is 278 g/mol. The fourth-order valence-corrected chi connectivity index (χ4v) is 4.12. The Labute approximate surface area is 124 Å². The first-order valence-electron chi connectivity index (χ1n) is 7.47. The van der Waals surface area contributed by atoms with Crippen LogP contribution in [0.2, 0.25) is 0 Å². The van der Waals surface area contributed by atoms with Crippen LogP contribution in [0.5, 0.6) is 11.5 Å². The summed E-state index contributed by atoms with van der Waals surface area (Å²) in [6.07, 6.45) is 5.86. The minimum Gasteiger partial charge on any atom is -0.508 e. The molecule has 21 heavy (non-hydrogen) atoms. The van der Waals surface area contributed by atoms with Gasteiger partial charge in [0.05, 0.1) is 0 Å². The van der Waals surface area contributed by atoms with Crippen molar-refractivity contribution in [3.05, 3.63) is 71.3 Å². The zero-order valence-corrected chi connectivity index (χ0v) is 11.8. The summed E-state index contributed by atoms with van der Waals surface area (Å²) in [5.74, 6) is 1.33. The van der Waals surface area contributed by atoms with E-state index in [4.69, 9.17) is 0 Å². The molecule has 0 heterocycles. The largest absolute Gasteiger partial charge is 0.508 e. The molecule has 0 aromatic heterocycles. The smallest absolute Gasteiger partial charge is 0.115 e. The van der Waals surface area contributed by atoms with Gasteiger partial charge >= 0.3 is 0 Å². The Bertz CT molecular complexity index is 650. The maximum atomic E-state index is 9.57. The Balaban J connectivity index is 1.91. The molecule has 0 saturated heterocycles. The van der Waals surface area contributed by atoms with Gasteiger partial charge in [0.2, 0.25) is 0 Å². The van der Waals surface area contributed by atoms with E-state index in [1.165, 1.54) is 29.5 Å². The molecule has 1 saturated carbocycles. The molecule has 2 aromatic carbocycles. The van der Waals surface area contributed by atoms with Crippen molar-refractivity contribution >= 4 is 0 Å². The molecule has 2 heteroatoms. The van der Waals surface area contributed by atoms with Gasteiger partial charge in [0, 0.05) is 5.41 Å². The van der Waals surface area contributed by atoms with Crippen LogP contribution in [0.4, 0.5) is 0 Å². The Morgan fingerprint density at radius 2 is 1.33 bits per heavy atom. The number of fused-ring (bicyclic) bond motifs is 2. The van der Waals surface area contributed by atoms with Crippen LogP contribution in [-0.4, -0.2) is 10.2 Å². The van der Waals surface area contributed by atoms with Gasteiger partial charge in [-0.3, -0.25) is 0 Å². The van der Waals surface area contributed by atoms with E-state index in [1.807, 2.05) is 24.3 Å². The van der Waals surface area contributed by atoms with E-state index >= 15 is 0 Å². The van der Waals surface area contributed by atoms with Gasteiger partial charge in [0.25, 0.3) is 0 Å². The summed E-state index contributed by atoms with van der Waals surface area (Å²) < 4.78 is 0. The van der Waals surface area contributed by atoms with Crippen molar-refractivity contribution in [3.8, 4) is 11.5 Å². The van der Waals surface area contributed by atoms with Gasteiger partial charge in [0.1, 0.15) is 11.5 Å². The number of hydrogen-bond donors (Lipinski definition) is 2. The van der Waals surface area contributed by atoms with Gasteiger partial charge in [-0.2, -0.15) is 0 Å². The predicted molar refractivity (Wildman–Crippen MR) is 82.4 cm³/mol. The molecule has 1 atom stereocenters. The lowest BCUT2D eigenvalue weighted by Gasteiger charge is -2.35. The lowest BCUT2D eigenvalue weighted by molar-refractivity contribution is 0.467. The summed E-state index contributed by atoms with van der Waals surface area (Å²) >= 11 is 0. The first kappa shape index (κ1) is 12.5. The van der Waals surface area contributed by atoms with E-state index in [-0.39, 0.29) is 5.41 Å². The molecule has 4 rings (SSSR count). The normalized spacial score (nSPS) is 22.3. The third kappa shape index (κ3) is 1.79. The maximum absolute atomic E-state index is 9.57. The second-order valence-electron chi connectivity index (χ2n) is 6.24. The molecule has 0 aliphatic heterocycles. The first-order valence-corrected chi connectivity index (χ1v) is 7.47. The van der Waals surface area contributed by atoms with Gasteiger partial charge in [-0.1, -0.05) is 35.9 Å². The highest BCUT2D eigenvalue weighted by Crippen LogP contribution is 2.57. The topological polar surface area (TPSA) is 40.5 Å². The maximum Gasteiger partial charge on any atom is 0.115 e. The van der Waals surface area contributed by atoms with Crippen LogP contribution in [0.25, 0.3) is 0 Å². The number of benzene rings is 2. The number of aromatic hydroxyl groups is 2. The average molecular weight is 278 g/mol. The fraction of sp³-hybridized carbons (Fsp3) is 0.263. The number of hydrogen-bond acceptors (Lipinski definition) is 2. The van der Waals surface area contributed by atoms with Gasteiger partial charge < -0.3 is 10.2 Å². The lowest BCUT2D eigenvalue weighted by atomic mass is 9.68. The third-order valence-corrected chi connectivity index (χ3v) is 5.07. The molecule has 2 aliphatic rings. The Hall–Kier alpha value is -2.22. The predicted octanol–water partition coefficient (Wildman–Crippen LogP) is 4.12. The fourth-order valence-electron chi connectivity index (χ4n) is 4.12. The van der Waals surface area contributed by atoms with Crippen LogP contribution >= 0.6 is 0 Å². The van der Waals surface area contributed by atoms with Crippen LogP contribution in [-0.2, 0) is 5.41 Å².